The molecule has 1 N–H and O–H groups in total. The maximum absolute atomic E-state index is 12.7. The highest BCUT2D eigenvalue weighted by Crippen LogP contribution is 2.66. The third-order valence-corrected chi connectivity index (χ3v) is 11.6. The highest BCUT2D eigenvalue weighted by Gasteiger charge is 2.61. The number of hydrogen-bond acceptors (Lipinski definition) is 5. The zero-order valence-electron chi connectivity index (χ0n) is 21.9. The lowest BCUT2D eigenvalue weighted by Gasteiger charge is -2.61. The van der Waals surface area contributed by atoms with Gasteiger partial charge in [-0.3, -0.25) is 19.6 Å². The molecular weight excluding hydrogens is 434 g/mol. The van der Waals surface area contributed by atoms with Crippen LogP contribution in [0.15, 0.2) is 24.5 Å². The molecule has 5 fully saturated rings. The lowest BCUT2D eigenvalue weighted by molar-refractivity contribution is -0.158. The van der Waals surface area contributed by atoms with Crippen molar-refractivity contribution in [1.82, 2.24) is 14.8 Å². The molecule has 4 saturated carbocycles. The summed E-state index contributed by atoms with van der Waals surface area (Å²) >= 11 is 0. The van der Waals surface area contributed by atoms with Crippen molar-refractivity contribution in [3.63, 3.8) is 0 Å². The molecule has 0 bridgehead atoms. The summed E-state index contributed by atoms with van der Waals surface area (Å²) in [6, 6.07) is 4.18. The van der Waals surface area contributed by atoms with E-state index in [-0.39, 0.29) is 5.41 Å². The second-order valence-electron chi connectivity index (χ2n) is 13.4. The van der Waals surface area contributed by atoms with E-state index in [2.05, 4.69) is 34.7 Å². The minimum Gasteiger partial charge on any atom is -0.389 e. The van der Waals surface area contributed by atoms with E-state index >= 15 is 0 Å². The molecular formula is C30H45N3O2. The molecule has 35 heavy (non-hydrogen) atoms. The number of piperazine rings is 1. The number of nitrogens with zero attached hydrogens (tertiary/aromatic N) is 3. The number of Topliss-reactive ketones (excluding diaryl/α,β-unsaturated/α-hetero) is 1. The lowest BCUT2D eigenvalue weighted by atomic mass is 9.44. The van der Waals surface area contributed by atoms with Crippen LogP contribution in [0.25, 0.3) is 0 Å². The molecule has 0 unspecified atom stereocenters. The van der Waals surface area contributed by atoms with E-state index in [1.54, 1.807) is 0 Å². The molecule has 0 aromatic carbocycles. The quantitative estimate of drug-likeness (QED) is 0.687. The Morgan fingerprint density at radius 3 is 2.57 bits per heavy atom. The number of pyridine rings is 1. The second-order valence-corrected chi connectivity index (χ2v) is 13.4. The molecule has 0 amide bonds. The summed E-state index contributed by atoms with van der Waals surface area (Å²) in [6.07, 6.45) is 13.7. The third-order valence-electron chi connectivity index (χ3n) is 11.6. The summed E-state index contributed by atoms with van der Waals surface area (Å²) in [5.41, 5.74) is 1.07. The Kier molecular flexibility index (Phi) is 6.13. The predicted molar refractivity (Wildman–Crippen MR) is 138 cm³/mol. The molecule has 5 heteroatoms. The van der Waals surface area contributed by atoms with Gasteiger partial charge in [0.05, 0.1) is 5.60 Å². The average molecular weight is 480 g/mol. The van der Waals surface area contributed by atoms with Gasteiger partial charge in [0.1, 0.15) is 5.78 Å². The maximum atomic E-state index is 12.7. The van der Waals surface area contributed by atoms with E-state index in [1.807, 2.05) is 18.5 Å². The highest BCUT2D eigenvalue weighted by atomic mass is 16.3. The van der Waals surface area contributed by atoms with Crippen molar-refractivity contribution < 1.29 is 9.90 Å². The number of aromatic nitrogens is 1. The first-order chi connectivity index (χ1) is 16.8. The molecule has 1 aromatic heterocycles. The minimum absolute atomic E-state index is 0.0288. The van der Waals surface area contributed by atoms with Gasteiger partial charge in [-0.05, 0) is 92.1 Å². The fourth-order valence-electron chi connectivity index (χ4n) is 9.51. The summed E-state index contributed by atoms with van der Waals surface area (Å²) in [4.78, 5) is 22.0. The maximum Gasteiger partial charge on any atom is 0.139 e. The van der Waals surface area contributed by atoms with Crippen LogP contribution in [-0.2, 0) is 11.3 Å². The summed E-state index contributed by atoms with van der Waals surface area (Å²) in [5, 5.41) is 11.8. The highest BCUT2D eigenvalue weighted by molar-refractivity contribution is 5.87. The van der Waals surface area contributed by atoms with E-state index in [9.17, 15) is 9.90 Å². The van der Waals surface area contributed by atoms with Crippen molar-refractivity contribution in [3.8, 4) is 0 Å². The summed E-state index contributed by atoms with van der Waals surface area (Å²) in [6.45, 7) is 10.9. The number of ketones is 1. The zero-order valence-corrected chi connectivity index (χ0v) is 21.9. The van der Waals surface area contributed by atoms with Crippen molar-refractivity contribution in [3.05, 3.63) is 30.1 Å². The smallest absolute Gasteiger partial charge is 0.139 e. The number of fused-ring (bicyclic) bond motifs is 5. The van der Waals surface area contributed by atoms with Crippen molar-refractivity contribution in [1.29, 1.82) is 0 Å². The second kappa shape index (κ2) is 8.92. The number of carbonyl (C=O) groups excluding carboxylic acids is 1. The Morgan fingerprint density at radius 2 is 1.80 bits per heavy atom. The molecule has 1 aliphatic heterocycles. The van der Waals surface area contributed by atoms with Crippen LogP contribution in [-0.4, -0.2) is 64.0 Å². The van der Waals surface area contributed by atoms with Crippen LogP contribution in [0.4, 0.5) is 0 Å². The molecule has 6 rings (SSSR count). The molecule has 5 aliphatic rings. The topological polar surface area (TPSA) is 56.7 Å². The minimum atomic E-state index is -0.533. The predicted octanol–water partition coefficient (Wildman–Crippen LogP) is 4.54. The first-order valence-electron chi connectivity index (χ1n) is 14.4. The molecule has 1 saturated heterocycles. The standard InChI is InChI=1S/C30H45N3O2/c1-28-11-12-30(35,21-33-16-14-32(15-17-33)20-22-4-3-13-31-19-22)18-23(28)5-6-24-25-7-8-27(34)29(25,2)10-9-26(24)28/h3-4,13,19,23-26,35H,5-12,14-18,20-21H2,1-2H3/t23-,24-,25-,26-,28-,29-,30+/m0/s1. The van der Waals surface area contributed by atoms with Crippen LogP contribution in [0, 0.1) is 34.5 Å². The van der Waals surface area contributed by atoms with E-state index < -0.39 is 5.60 Å². The van der Waals surface area contributed by atoms with Gasteiger partial charge in [0.15, 0.2) is 0 Å². The van der Waals surface area contributed by atoms with Crippen molar-refractivity contribution in [2.75, 3.05) is 32.7 Å². The Bertz CT molecular complexity index is 931. The van der Waals surface area contributed by atoms with Gasteiger partial charge in [-0.25, -0.2) is 0 Å². The zero-order chi connectivity index (χ0) is 24.3. The van der Waals surface area contributed by atoms with Crippen LogP contribution >= 0.6 is 0 Å². The van der Waals surface area contributed by atoms with Crippen molar-refractivity contribution in [2.24, 2.45) is 34.5 Å². The molecule has 0 spiro atoms. The molecule has 4 aliphatic carbocycles. The summed E-state index contributed by atoms with van der Waals surface area (Å²) in [7, 11) is 0. The normalized spacial score (nSPS) is 44.5. The Morgan fingerprint density at radius 1 is 1.00 bits per heavy atom. The fourth-order valence-corrected chi connectivity index (χ4v) is 9.51. The molecule has 1 aromatic rings. The van der Waals surface area contributed by atoms with Gasteiger partial charge in [-0.1, -0.05) is 19.9 Å². The van der Waals surface area contributed by atoms with E-state index in [4.69, 9.17) is 0 Å². The molecule has 7 atom stereocenters. The number of aliphatic hydroxyl groups is 1. The van der Waals surface area contributed by atoms with Crippen LogP contribution in [0.5, 0.6) is 0 Å². The molecule has 5 nitrogen and oxygen atoms in total. The summed E-state index contributed by atoms with van der Waals surface area (Å²) in [5.74, 6) is 3.30. The van der Waals surface area contributed by atoms with Gasteiger partial charge in [0, 0.05) is 63.5 Å². The molecule has 2 heterocycles. The van der Waals surface area contributed by atoms with Crippen LogP contribution in [0.1, 0.15) is 77.2 Å². The lowest BCUT2D eigenvalue weighted by Crippen LogP contribution is -2.59. The number of β-amino-alcohol motifs (C(OH)–C–C–N with tert-alkyl or cyclic N) is 1. The first-order valence-corrected chi connectivity index (χ1v) is 14.4. The van der Waals surface area contributed by atoms with Gasteiger partial charge in [-0.15, -0.1) is 0 Å². The van der Waals surface area contributed by atoms with Crippen LogP contribution < -0.4 is 0 Å². The molecule has 192 valence electrons. The number of hydrogen-bond donors (Lipinski definition) is 1. The fraction of sp³-hybridized carbons (Fsp3) is 0.800. The third kappa shape index (κ3) is 4.20. The Labute approximate surface area is 211 Å². The van der Waals surface area contributed by atoms with Gasteiger partial charge >= 0.3 is 0 Å². The number of carbonyl (C=O) groups is 1. The van der Waals surface area contributed by atoms with Crippen molar-refractivity contribution >= 4 is 5.78 Å². The largest absolute Gasteiger partial charge is 0.389 e. The van der Waals surface area contributed by atoms with Crippen LogP contribution in [0.2, 0.25) is 0 Å². The number of rotatable bonds is 4. The van der Waals surface area contributed by atoms with E-state index in [0.29, 0.717) is 23.0 Å². The summed E-state index contributed by atoms with van der Waals surface area (Å²) < 4.78 is 0. The molecule has 0 radical (unpaired) electrons. The SMILES string of the molecule is C[C@]12CC[C@](O)(CN3CCN(Cc4cccnc4)CC3)C[C@@H]1CC[C@@H]1[C@@H]2CC[C@]2(C)C(=O)CC[C@@H]12. The van der Waals surface area contributed by atoms with E-state index in [0.717, 1.165) is 89.6 Å². The Hall–Kier alpha value is -1.30. The monoisotopic (exact) mass is 479 g/mol. The van der Waals surface area contributed by atoms with Crippen LogP contribution in [0.3, 0.4) is 0 Å². The van der Waals surface area contributed by atoms with E-state index in [1.165, 1.54) is 24.8 Å². The first kappa shape index (κ1) is 24.1. The van der Waals surface area contributed by atoms with Crippen molar-refractivity contribution in [2.45, 2.75) is 83.8 Å². The average Bonchev–Trinajstić information content (AvgIpc) is 3.16. The van der Waals surface area contributed by atoms with Gasteiger partial charge in [0.25, 0.3) is 0 Å². The van der Waals surface area contributed by atoms with Gasteiger partial charge in [0.2, 0.25) is 0 Å². The van der Waals surface area contributed by atoms with Gasteiger partial charge < -0.3 is 5.11 Å². The Balaban J connectivity index is 1.06. The van der Waals surface area contributed by atoms with Gasteiger partial charge in [-0.2, -0.15) is 0 Å².